The normalized spacial score (nSPS) is 12.3. The smallest absolute Gasteiger partial charge is 0.275 e. The molecule has 2 aromatic heterocycles. The van der Waals surface area contributed by atoms with E-state index in [9.17, 15) is 4.79 Å². The maximum atomic E-state index is 12.3. The molecule has 3 rings (SSSR count). The molecule has 1 aromatic carbocycles. The second-order valence-corrected chi connectivity index (χ2v) is 5.61. The molecular weight excluding hydrogens is 284 g/mol. The van der Waals surface area contributed by atoms with Crippen LogP contribution in [0.5, 0.6) is 0 Å². The summed E-state index contributed by atoms with van der Waals surface area (Å²) in [4.78, 5) is 20.6. The van der Waals surface area contributed by atoms with E-state index < -0.39 is 0 Å². The van der Waals surface area contributed by atoms with E-state index in [1.165, 1.54) is 11.3 Å². The summed E-state index contributed by atoms with van der Waals surface area (Å²) >= 11 is 1.39. The summed E-state index contributed by atoms with van der Waals surface area (Å²) < 4.78 is 0. The molecule has 1 unspecified atom stereocenters. The van der Waals surface area contributed by atoms with Gasteiger partial charge in [0.25, 0.3) is 5.91 Å². The van der Waals surface area contributed by atoms with Gasteiger partial charge in [-0.1, -0.05) is 12.1 Å². The number of anilines is 1. The fourth-order valence-corrected chi connectivity index (χ4v) is 2.78. The lowest BCUT2D eigenvalue weighted by Gasteiger charge is -2.07. The maximum absolute atomic E-state index is 12.3. The first-order valence-electron chi connectivity index (χ1n) is 6.50. The number of pyridine rings is 1. The number of benzene rings is 1. The summed E-state index contributed by atoms with van der Waals surface area (Å²) in [6.45, 7) is 1.85. The van der Waals surface area contributed by atoms with E-state index in [4.69, 9.17) is 5.73 Å². The van der Waals surface area contributed by atoms with E-state index in [0.29, 0.717) is 5.69 Å². The summed E-state index contributed by atoms with van der Waals surface area (Å²) in [6.07, 6.45) is 3.47. The predicted molar refractivity (Wildman–Crippen MR) is 84.4 cm³/mol. The van der Waals surface area contributed by atoms with Crippen molar-refractivity contribution in [2.45, 2.75) is 13.0 Å². The molecule has 0 aliphatic heterocycles. The van der Waals surface area contributed by atoms with Crippen LogP contribution in [0.1, 0.15) is 28.5 Å². The Bertz CT molecular complexity index is 792. The van der Waals surface area contributed by atoms with E-state index in [0.717, 1.165) is 21.5 Å². The molecule has 0 aliphatic carbocycles. The van der Waals surface area contributed by atoms with E-state index in [2.05, 4.69) is 15.3 Å². The van der Waals surface area contributed by atoms with Crippen molar-refractivity contribution >= 4 is 33.7 Å². The molecule has 0 aliphatic rings. The van der Waals surface area contributed by atoms with Crippen molar-refractivity contribution < 1.29 is 4.79 Å². The van der Waals surface area contributed by atoms with Gasteiger partial charge in [-0.2, -0.15) is 0 Å². The Morgan fingerprint density at radius 1 is 1.38 bits per heavy atom. The van der Waals surface area contributed by atoms with Crippen molar-refractivity contribution in [1.29, 1.82) is 0 Å². The zero-order chi connectivity index (χ0) is 14.8. The standard InChI is InChI=1S/C15H14N4OS/c1-9(16)15-19-13(8-21-15)14(20)18-12-4-2-3-10-7-17-6-5-11(10)12/h2-9H,16H2,1H3,(H,18,20). The molecule has 0 bridgehead atoms. The number of hydrogen-bond donors (Lipinski definition) is 2. The summed E-state index contributed by atoms with van der Waals surface area (Å²) in [7, 11) is 0. The van der Waals surface area contributed by atoms with Gasteiger partial charge in [-0.3, -0.25) is 9.78 Å². The van der Waals surface area contributed by atoms with Crippen molar-refractivity contribution in [2.75, 3.05) is 5.32 Å². The van der Waals surface area contributed by atoms with Crippen LogP contribution < -0.4 is 11.1 Å². The molecule has 3 N–H and O–H groups in total. The van der Waals surface area contributed by atoms with Crippen molar-refractivity contribution in [2.24, 2.45) is 5.73 Å². The molecule has 6 heteroatoms. The third-order valence-electron chi connectivity index (χ3n) is 3.07. The Balaban J connectivity index is 1.89. The van der Waals surface area contributed by atoms with Gasteiger partial charge in [0.15, 0.2) is 0 Å². The van der Waals surface area contributed by atoms with E-state index in [1.807, 2.05) is 31.2 Å². The minimum Gasteiger partial charge on any atom is -0.322 e. The number of amides is 1. The van der Waals surface area contributed by atoms with Gasteiger partial charge in [0.05, 0.1) is 6.04 Å². The molecule has 106 valence electrons. The van der Waals surface area contributed by atoms with Crippen LogP contribution in [-0.4, -0.2) is 15.9 Å². The van der Waals surface area contributed by atoms with Crippen molar-refractivity contribution in [3.05, 3.63) is 52.7 Å². The molecule has 1 atom stereocenters. The Hall–Kier alpha value is -2.31. The Morgan fingerprint density at radius 2 is 2.24 bits per heavy atom. The van der Waals surface area contributed by atoms with Gasteiger partial charge in [-0.25, -0.2) is 4.98 Å². The minimum atomic E-state index is -0.234. The highest BCUT2D eigenvalue weighted by molar-refractivity contribution is 7.09. The predicted octanol–water partition coefficient (Wildman–Crippen LogP) is 2.96. The van der Waals surface area contributed by atoms with Crippen LogP contribution in [0, 0.1) is 0 Å². The zero-order valence-electron chi connectivity index (χ0n) is 11.4. The van der Waals surface area contributed by atoms with Crippen LogP contribution >= 0.6 is 11.3 Å². The van der Waals surface area contributed by atoms with Crippen molar-refractivity contribution in [1.82, 2.24) is 9.97 Å². The van der Waals surface area contributed by atoms with Gasteiger partial charge >= 0.3 is 0 Å². The maximum Gasteiger partial charge on any atom is 0.275 e. The lowest BCUT2D eigenvalue weighted by Crippen LogP contribution is -2.13. The monoisotopic (exact) mass is 298 g/mol. The largest absolute Gasteiger partial charge is 0.322 e. The molecule has 0 saturated carbocycles. The fraction of sp³-hybridized carbons (Fsp3) is 0.133. The number of aromatic nitrogens is 2. The summed E-state index contributed by atoms with van der Waals surface area (Å²) in [6, 6.07) is 7.40. The van der Waals surface area contributed by atoms with Crippen LogP contribution in [0.3, 0.4) is 0 Å². The van der Waals surface area contributed by atoms with Crippen molar-refractivity contribution in [3.63, 3.8) is 0 Å². The van der Waals surface area contributed by atoms with Gasteiger partial charge < -0.3 is 11.1 Å². The van der Waals surface area contributed by atoms with Crippen LogP contribution in [0.25, 0.3) is 10.8 Å². The second-order valence-electron chi connectivity index (χ2n) is 4.72. The molecule has 2 heterocycles. The topological polar surface area (TPSA) is 80.9 Å². The average molecular weight is 298 g/mol. The summed E-state index contributed by atoms with van der Waals surface area (Å²) in [5.74, 6) is -0.234. The van der Waals surface area contributed by atoms with Crippen LogP contribution in [-0.2, 0) is 0 Å². The average Bonchev–Trinajstić information content (AvgIpc) is 2.98. The van der Waals surface area contributed by atoms with Gasteiger partial charge in [-0.05, 0) is 19.1 Å². The number of hydrogen-bond acceptors (Lipinski definition) is 5. The number of carbonyl (C=O) groups excluding carboxylic acids is 1. The second kappa shape index (κ2) is 5.59. The minimum absolute atomic E-state index is 0.167. The first-order chi connectivity index (χ1) is 10.1. The van der Waals surface area contributed by atoms with Crippen LogP contribution in [0.4, 0.5) is 5.69 Å². The molecule has 0 spiro atoms. The number of carbonyl (C=O) groups is 1. The number of nitrogens with one attached hydrogen (secondary N) is 1. The molecular formula is C15H14N4OS. The first kappa shape index (κ1) is 13.7. The highest BCUT2D eigenvalue weighted by Gasteiger charge is 2.13. The number of rotatable bonds is 3. The molecule has 0 radical (unpaired) electrons. The third-order valence-corrected chi connectivity index (χ3v) is 4.12. The van der Waals surface area contributed by atoms with E-state index >= 15 is 0 Å². The van der Waals surface area contributed by atoms with Gasteiger partial charge in [-0.15, -0.1) is 11.3 Å². The highest BCUT2D eigenvalue weighted by atomic mass is 32.1. The lowest BCUT2D eigenvalue weighted by molar-refractivity contribution is 0.102. The Labute approximate surface area is 125 Å². The lowest BCUT2D eigenvalue weighted by atomic mass is 10.1. The fourth-order valence-electron chi connectivity index (χ4n) is 2.02. The van der Waals surface area contributed by atoms with E-state index in [-0.39, 0.29) is 11.9 Å². The number of thiazole rings is 1. The molecule has 0 saturated heterocycles. The first-order valence-corrected chi connectivity index (χ1v) is 7.38. The van der Waals surface area contributed by atoms with Gasteiger partial charge in [0, 0.05) is 34.2 Å². The number of fused-ring (bicyclic) bond motifs is 1. The molecule has 5 nitrogen and oxygen atoms in total. The molecule has 0 fully saturated rings. The highest BCUT2D eigenvalue weighted by Crippen LogP contribution is 2.23. The van der Waals surface area contributed by atoms with Gasteiger partial charge in [0.2, 0.25) is 0 Å². The quantitative estimate of drug-likeness (QED) is 0.779. The number of nitrogens with zero attached hydrogens (tertiary/aromatic N) is 2. The van der Waals surface area contributed by atoms with Crippen LogP contribution in [0.2, 0.25) is 0 Å². The number of nitrogens with two attached hydrogens (primary N) is 1. The van der Waals surface area contributed by atoms with Crippen molar-refractivity contribution in [3.8, 4) is 0 Å². The molecule has 3 aromatic rings. The SMILES string of the molecule is CC(N)c1nc(C(=O)Nc2cccc3cnccc23)cs1. The zero-order valence-corrected chi connectivity index (χ0v) is 12.2. The molecule has 1 amide bonds. The molecule has 21 heavy (non-hydrogen) atoms. The third kappa shape index (κ3) is 2.76. The summed E-state index contributed by atoms with van der Waals surface area (Å²) in [5, 5.41) is 7.29. The van der Waals surface area contributed by atoms with Gasteiger partial charge in [0.1, 0.15) is 10.7 Å². The Kier molecular flexibility index (Phi) is 3.64. The van der Waals surface area contributed by atoms with Crippen LogP contribution in [0.15, 0.2) is 42.0 Å². The Morgan fingerprint density at radius 3 is 3.00 bits per heavy atom. The van der Waals surface area contributed by atoms with E-state index in [1.54, 1.807) is 17.8 Å². The summed E-state index contributed by atoms with van der Waals surface area (Å²) in [5.41, 5.74) is 6.90.